The van der Waals surface area contributed by atoms with Crippen molar-refractivity contribution in [3.05, 3.63) is 23.8 Å². The van der Waals surface area contributed by atoms with Gasteiger partial charge in [0.2, 0.25) is 0 Å². The highest BCUT2D eigenvalue weighted by Crippen LogP contribution is 2.32. The molecule has 2 bridgehead atoms. The van der Waals surface area contributed by atoms with Crippen molar-refractivity contribution in [3.8, 4) is 11.5 Å². The first kappa shape index (κ1) is 13.9. The number of nitrogens with one attached hydrogen (secondary N) is 1. The Morgan fingerprint density at radius 3 is 3.09 bits per heavy atom. The van der Waals surface area contributed by atoms with E-state index >= 15 is 0 Å². The van der Waals surface area contributed by atoms with E-state index in [2.05, 4.69) is 10.2 Å². The van der Waals surface area contributed by atoms with Crippen molar-refractivity contribution in [2.75, 3.05) is 26.2 Å². The fraction of sp³-hybridized carbons (Fsp3) is 0.588. The van der Waals surface area contributed by atoms with Gasteiger partial charge < -0.3 is 19.7 Å². The molecular formula is C17H22N2O3. The first-order valence-electron chi connectivity index (χ1n) is 8.14. The maximum Gasteiger partial charge on any atom is 0.251 e. The minimum absolute atomic E-state index is 0.0162. The highest BCUT2D eigenvalue weighted by molar-refractivity contribution is 5.95. The average molecular weight is 302 g/mol. The fourth-order valence-corrected chi connectivity index (χ4v) is 3.75. The smallest absolute Gasteiger partial charge is 0.251 e. The Balaban J connectivity index is 1.44. The number of ether oxygens (including phenoxy) is 2. The monoisotopic (exact) mass is 302 g/mol. The van der Waals surface area contributed by atoms with E-state index in [-0.39, 0.29) is 18.1 Å². The van der Waals surface area contributed by atoms with Gasteiger partial charge in [-0.3, -0.25) is 4.79 Å². The number of carbonyl (C=O) groups excluding carboxylic acids is 1. The number of nitrogens with zero attached hydrogens (tertiary/aromatic N) is 1. The number of fused-ring (bicyclic) bond motifs is 3. The first-order chi connectivity index (χ1) is 10.7. The third-order valence-electron chi connectivity index (χ3n) is 4.81. The predicted molar refractivity (Wildman–Crippen MR) is 82.4 cm³/mol. The van der Waals surface area contributed by atoms with Crippen LogP contribution in [0.15, 0.2) is 18.2 Å². The average Bonchev–Trinajstić information content (AvgIpc) is 2.85. The van der Waals surface area contributed by atoms with Crippen LogP contribution in [0.3, 0.4) is 0 Å². The van der Waals surface area contributed by atoms with E-state index < -0.39 is 0 Å². The lowest BCUT2D eigenvalue weighted by molar-refractivity contribution is 0.0904. The van der Waals surface area contributed by atoms with E-state index in [1.165, 1.54) is 19.5 Å². The summed E-state index contributed by atoms with van der Waals surface area (Å²) in [6.45, 7) is 5.85. The van der Waals surface area contributed by atoms with Gasteiger partial charge in [-0.05, 0) is 50.4 Å². The molecule has 0 spiro atoms. The summed E-state index contributed by atoms with van der Waals surface area (Å²) < 4.78 is 11.3. The molecule has 1 N–H and O–H groups in total. The summed E-state index contributed by atoms with van der Waals surface area (Å²) in [7, 11) is 0. The van der Waals surface area contributed by atoms with Crippen LogP contribution in [0.25, 0.3) is 0 Å². The van der Waals surface area contributed by atoms with Crippen LogP contribution >= 0.6 is 0 Å². The fourth-order valence-electron chi connectivity index (χ4n) is 3.75. The van der Waals surface area contributed by atoms with E-state index in [4.69, 9.17) is 9.47 Å². The third-order valence-corrected chi connectivity index (χ3v) is 4.81. The molecule has 3 aliphatic heterocycles. The predicted octanol–water partition coefficient (Wildman–Crippen LogP) is 1.67. The number of rotatable bonds is 2. The highest BCUT2D eigenvalue weighted by atomic mass is 16.6. The van der Waals surface area contributed by atoms with Gasteiger partial charge in [-0.2, -0.15) is 0 Å². The number of piperidine rings is 1. The molecule has 0 saturated carbocycles. The molecule has 4 rings (SSSR count). The molecule has 1 aromatic carbocycles. The maximum atomic E-state index is 12.5. The van der Waals surface area contributed by atoms with E-state index in [0.717, 1.165) is 24.6 Å². The molecule has 3 aliphatic rings. The second-order valence-corrected chi connectivity index (χ2v) is 6.72. The number of carbonyl (C=O) groups is 1. The standard InChI is InChI=1S/C17H22N2O3/c1-11-10-21-16-7-13(2-3-15(16)22-11)17(20)18-14-6-12-4-5-19(8-12)9-14/h2-3,7,11-12,14H,4-6,8-10H2,1H3,(H,18,20)/t11-,12-,14-/m1/s1. The molecule has 5 heteroatoms. The van der Waals surface area contributed by atoms with Gasteiger partial charge in [-0.25, -0.2) is 0 Å². The summed E-state index contributed by atoms with van der Waals surface area (Å²) in [5.74, 6) is 2.12. The Kier molecular flexibility index (Phi) is 3.45. The summed E-state index contributed by atoms with van der Waals surface area (Å²) in [6, 6.07) is 5.69. The molecule has 1 aromatic rings. The second kappa shape index (κ2) is 5.47. The van der Waals surface area contributed by atoms with Gasteiger partial charge in [0.1, 0.15) is 12.7 Å². The number of hydrogen-bond donors (Lipinski definition) is 1. The van der Waals surface area contributed by atoms with Crippen LogP contribution in [0.2, 0.25) is 0 Å². The maximum absolute atomic E-state index is 12.5. The van der Waals surface area contributed by atoms with E-state index in [1.807, 2.05) is 19.1 Å². The summed E-state index contributed by atoms with van der Waals surface area (Å²) in [5, 5.41) is 3.17. The molecule has 3 heterocycles. The molecule has 22 heavy (non-hydrogen) atoms. The molecule has 4 atom stereocenters. The van der Waals surface area contributed by atoms with Crippen LogP contribution in [-0.4, -0.2) is 49.2 Å². The van der Waals surface area contributed by atoms with Gasteiger partial charge in [-0.1, -0.05) is 0 Å². The zero-order valence-electron chi connectivity index (χ0n) is 12.9. The van der Waals surface area contributed by atoms with Gasteiger partial charge in [0.05, 0.1) is 0 Å². The van der Waals surface area contributed by atoms with Gasteiger partial charge in [0.25, 0.3) is 5.91 Å². The van der Waals surface area contributed by atoms with E-state index in [9.17, 15) is 4.79 Å². The number of hydrogen-bond acceptors (Lipinski definition) is 4. The van der Waals surface area contributed by atoms with E-state index in [1.54, 1.807) is 6.07 Å². The SMILES string of the molecule is C[C@@H]1COc2cc(C(=O)N[C@@H]3C[C@H]4CCN(C4)C3)ccc2O1. The van der Waals surface area contributed by atoms with Crippen molar-refractivity contribution in [1.29, 1.82) is 0 Å². The van der Waals surface area contributed by atoms with Crippen molar-refractivity contribution < 1.29 is 14.3 Å². The Bertz CT molecular complexity index is 577. The third kappa shape index (κ3) is 2.65. The van der Waals surface area contributed by atoms with Gasteiger partial charge >= 0.3 is 0 Å². The van der Waals surface area contributed by atoms with Crippen LogP contribution in [0.4, 0.5) is 0 Å². The minimum Gasteiger partial charge on any atom is -0.486 e. The lowest BCUT2D eigenvalue weighted by atomic mass is 9.96. The molecule has 2 saturated heterocycles. The van der Waals surface area contributed by atoms with E-state index in [0.29, 0.717) is 17.9 Å². The number of amides is 1. The second-order valence-electron chi connectivity index (χ2n) is 6.72. The summed E-state index contributed by atoms with van der Waals surface area (Å²) in [4.78, 5) is 14.9. The van der Waals surface area contributed by atoms with Crippen molar-refractivity contribution in [3.63, 3.8) is 0 Å². The molecule has 1 amide bonds. The Hall–Kier alpha value is -1.75. The zero-order chi connectivity index (χ0) is 15.1. The largest absolute Gasteiger partial charge is 0.486 e. The van der Waals surface area contributed by atoms with Gasteiger partial charge in [0.15, 0.2) is 11.5 Å². The Morgan fingerprint density at radius 1 is 1.32 bits per heavy atom. The van der Waals surface area contributed by atoms with Crippen molar-refractivity contribution in [2.24, 2.45) is 5.92 Å². The van der Waals surface area contributed by atoms with Crippen molar-refractivity contribution >= 4 is 5.91 Å². The highest BCUT2D eigenvalue weighted by Gasteiger charge is 2.33. The minimum atomic E-state index is -0.0162. The van der Waals surface area contributed by atoms with Crippen LogP contribution in [-0.2, 0) is 0 Å². The molecule has 2 fully saturated rings. The number of benzene rings is 1. The van der Waals surface area contributed by atoms with Crippen molar-refractivity contribution in [1.82, 2.24) is 10.2 Å². The van der Waals surface area contributed by atoms with Crippen LogP contribution < -0.4 is 14.8 Å². The molecule has 5 nitrogen and oxygen atoms in total. The van der Waals surface area contributed by atoms with Crippen LogP contribution in [0.1, 0.15) is 30.1 Å². The Morgan fingerprint density at radius 2 is 2.23 bits per heavy atom. The molecule has 0 radical (unpaired) electrons. The summed E-state index contributed by atoms with van der Waals surface area (Å²) in [5.41, 5.74) is 0.643. The van der Waals surface area contributed by atoms with Crippen molar-refractivity contribution in [2.45, 2.75) is 31.9 Å². The van der Waals surface area contributed by atoms with Gasteiger partial charge in [0, 0.05) is 24.7 Å². The quantitative estimate of drug-likeness (QED) is 0.903. The Labute approximate surface area is 130 Å². The lowest BCUT2D eigenvalue weighted by Gasteiger charge is -2.30. The zero-order valence-corrected chi connectivity index (χ0v) is 12.9. The normalized spacial score (nSPS) is 32.6. The van der Waals surface area contributed by atoms with Crippen LogP contribution in [0, 0.1) is 5.92 Å². The molecule has 1 unspecified atom stereocenters. The van der Waals surface area contributed by atoms with Crippen LogP contribution in [0.5, 0.6) is 11.5 Å². The summed E-state index contributed by atoms with van der Waals surface area (Å²) in [6.07, 6.45) is 2.43. The first-order valence-corrected chi connectivity index (χ1v) is 8.14. The molecular weight excluding hydrogens is 280 g/mol. The topological polar surface area (TPSA) is 50.8 Å². The lowest BCUT2D eigenvalue weighted by Crippen LogP contribution is -2.47. The molecule has 0 aromatic heterocycles. The molecule has 0 aliphatic carbocycles. The molecule has 118 valence electrons. The summed E-state index contributed by atoms with van der Waals surface area (Å²) >= 11 is 0. The van der Waals surface area contributed by atoms with Gasteiger partial charge in [-0.15, -0.1) is 0 Å².